The molecular formula is C19H19N3O3. The summed E-state index contributed by atoms with van der Waals surface area (Å²) in [5.41, 5.74) is 9.37. The molecular weight excluding hydrogens is 318 g/mol. The second-order valence-electron chi connectivity index (χ2n) is 6.24. The largest absolute Gasteiger partial charge is 0.436 e. The smallest absolute Gasteiger partial charge is 0.250 e. The number of fused-ring (bicyclic) bond motifs is 1. The number of aromatic nitrogens is 1. The monoisotopic (exact) mass is 337 g/mol. The number of nitrogen functional groups attached to an aromatic ring is 1. The fourth-order valence-electron chi connectivity index (χ4n) is 2.69. The van der Waals surface area contributed by atoms with Gasteiger partial charge in [-0.2, -0.15) is 0 Å². The second kappa shape index (κ2) is 6.57. The summed E-state index contributed by atoms with van der Waals surface area (Å²) < 4.78 is 11.2. The Balaban J connectivity index is 1.42. The Morgan fingerprint density at radius 3 is 2.76 bits per heavy atom. The minimum atomic E-state index is -0.142. The first kappa shape index (κ1) is 15.7. The summed E-state index contributed by atoms with van der Waals surface area (Å²) in [6.45, 7) is 0.0962. The first-order valence-electron chi connectivity index (χ1n) is 8.35. The number of benzene rings is 2. The molecule has 3 N–H and O–H groups in total. The van der Waals surface area contributed by atoms with Gasteiger partial charge in [-0.15, -0.1) is 0 Å². The van der Waals surface area contributed by atoms with Gasteiger partial charge in [0.2, 0.25) is 11.8 Å². The van der Waals surface area contributed by atoms with Crippen molar-refractivity contribution in [3.63, 3.8) is 0 Å². The Hall–Kier alpha value is -2.86. The van der Waals surface area contributed by atoms with Gasteiger partial charge in [0, 0.05) is 16.9 Å². The molecule has 1 fully saturated rings. The van der Waals surface area contributed by atoms with Crippen molar-refractivity contribution in [3.8, 4) is 11.5 Å². The van der Waals surface area contributed by atoms with Crippen molar-refractivity contribution in [3.05, 3.63) is 42.5 Å². The van der Waals surface area contributed by atoms with E-state index >= 15 is 0 Å². The van der Waals surface area contributed by atoms with Crippen LogP contribution < -0.4 is 11.1 Å². The Morgan fingerprint density at radius 1 is 1.24 bits per heavy atom. The Bertz CT molecular complexity index is 898. The molecule has 0 spiro atoms. The zero-order chi connectivity index (χ0) is 17.2. The molecule has 2 aromatic carbocycles. The zero-order valence-electron chi connectivity index (χ0n) is 13.7. The maximum absolute atomic E-state index is 11.9. The lowest BCUT2D eigenvalue weighted by Gasteiger charge is -2.25. The van der Waals surface area contributed by atoms with E-state index in [4.69, 9.17) is 14.9 Å². The molecule has 0 aliphatic heterocycles. The molecule has 1 amide bonds. The first-order valence-corrected chi connectivity index (χ1v) is 8.35. The molecule has 0 radical (unpaired) electrons. The lowest BCUT2D eigenvalue weighted by molar-refractivity contribution is -0.124. The zero-order valence-corrected chi connectivity index (χ0v) is 13.7. The number of anilines is 2. The number of carbonyl (C=O) groups is 1. The van der Waals surface area contributed by atoms with Gasteiger partial charge in [0.15, 0.2) is 5.58 Å². The fourth-order valence-corrected chi connectivity index (χ4v) is 2.69. The third-order valence-electron chi connectivity index (χ3n) is 4.33. The Kier molecular flexibility index (Phi) is 4.11. The van der Waals surface area contributed by atoms with Crippen molar-refractivity contribution in [2.45, 2.75) is 25.4 Å². The summed E-state index contributed by atoms with van der Waals surface area (Å²) in [4.78, 5) is 16.3. The van der Waals surface area contributed by atoms with E-state index in [0.29, 0.717) is 22.8 Å². The normalized spacial score (nSPS) is 14.4. The van der Waals surface area contributed by atoms with Crippen LogP contribution in [-0.4, -0.2) is 23.6 Å². The molecule has 1 saturated carbocycles. The fraction of sp³-hybridized carbons (Fsp3) is 0.263. The maximum atomic E-state index is 11.9. The minimum Gasteiger partial charge on any atom is -0.436 e. The van der Waals surface area contributed by atoms with Crippen LogP contribution in [0.15, 0.2) is 46.9 Å². The van der Waals surface area contributed by atoms with Crippen LogP contribution in [0.4, 0.5) is 11.4 Å². The van der Waals surface area contributed by atoms with Crippen LogP contribution in [0.3, 0.4) is 0 Å². The van der Waals surface area contributed by atoms with Gasteiger partial charge in [0.05, 0.1) is 6.10 Å². The number of nitrogens with one attached hydrogen (secondary N) is 1. The van der Waals surface area contributed by atoms with Crippen LogP contribution in [0.1, 0.15) is 19.3 Å². The van der Waals surface area contributed by atoms with E-state index in [1.54, 1.807) is 18.2 Å². The number of nitrogens with zero attached hydrogens (tertiary/aromatic N) is 1. The number of nitrogens with two attached hydrogens (primary N) is 1. The number of rotatable bonds is 5. The van der Waals surface area contributed by atoms with Crippen molar-refractivity contribution >= 4 is 28.4 Å². The van der Waals surface area contributed by atoms with Crippen LogP contribution in [-0.2, 0) is 9.53 Å². The molecule has 128 valence electrons. The SMILES string of the molecule is Nc1ccc2oc(-c3ccc(NC(=O)COC4CCC4)cc3)nc2c1. The number of ether oxygens (including phenoxy) is 1. The number of amides is 1. The van der Waals surface area contributed by atoms with Crippen molar-refractivity contribution < 1.29 is 13.9 Å². The first-order chi connectivity index (χ1) is 12.2. The number of oxazole rings is 1. The summed E-state index contributed by atoms with van der Waals surface area (Å²) in [5.74, 6) is 0.379. The van der Waals surface area contributed by atoms with E-state index in [-0.39, 0.29) is 18.6 Å². The maximum Gasteiger partial charge on any atom is 0.250 e. The molecule has 6 heteroatoms. The molecule has 1 aliphatic rings. The third-order valence-corrected chi connectivity index (χ3v) is 4.33. The molecule has 3 aromatic rings. The van der Waals surface area contributed by atoms with Crippen molar-refractivity contribution in [1.82, 2.24) is 4.98 Å². The molecule has 6 nitrogen and oxygen atoms in total. The molecule has 0 bridgehead atoms. The number of hydrogen-bond donors (Lipinski definition) is 2. The standard InChI is InChI=1S/C19H19N3O3/c20-13-6-9-17-16(10-13)22-19(25-17)12-4-7-14(8-5-12)21-18(23)11-24-15-2-1-3-15/h4-10,15H,1-3,11,20H2,(H,21,23). The third kappa shape index (κ3) is 3.49. The topological polar surface area (TPSA) is 90.4 Å². The van der Waals surface area contributed by atoms with E-state index in [1.807, 2.05) is 24.3 Å². The average molecular weight is 337 g/mol. The summed E-state index contributed by atoms with van der Waals surface area (Å²) >= 11 is 0. The summed E-state index contributed by atoms with van der Waals surface area (Å²) in [6.07, 6.45) is 3.55. The summed E-state index contributed by atoms with van der Waals surface area (Å²) in [6, 6.07) is 12.7. The van der Waals surface area contributed by atoms with Gasteiger partial charge in [0.25, 0.3) is 0 Å². The highest BCUT2D eigenvalue weighted by Gasteiger charge is 2.19. The molecule has 4 rings (SSSR count). The quantitative estimate of drug-likeness (QED) is 0.694. The lowest BCUT2D eigenvalue weighted by Crippen LogP contribution is -2.27. The van der Waals surface area contributed by atoms with Crippen LogP contribution in [0, 0.1) is 0 Å². The molecule has 25 heavy (non-hydrogen) atoms. The van der Waals surface area contributed by atoms with Gasteiger partial charge >= 0.3 is 0 Å². The van der Waals surface area contributed by atoms with Crippen LogP contribution in [0.2, 0.25) is 0 Å². The van der Waals surface area contributed by atoms with E-state index in [1.165, 1.54) is 6.42 Å². The van der Waals surface area contributed by atoms with Crippen LogP contribution in [0.25, 0.3) is 22.6 Å². The molecule has 1 heterocycles. The molecule has 0 atom stereocenters. The van der Waals surface area contributed by atoms with Crippen molar-refractivity contribution in [2.24, 2.45) is 0 Å². The number of hydrogen-bond acceptors (Lipinski definition) is 5. The van der Waals surface area contributed by atoms with Gasteiger partial charge < -0.3 is 20.2 Å². The van der Waals surface area contributed by atoms with E-state index in [9.17, 15) is 4.79 Å². The molecule has 1 aromatic heterocycles. The van der Waals surface area contributed by atoms with Crippen molar-refractivity contribution in [2.75, 3.05) is 17.7 Å². The lowest BCUT2D eigenvalue weighted by atomic mass is 9.96. The highest BCUT2D eigenvalue weighted by atomic mass is 16.5. The minimum absolute atomic E-state index is 0.0962. The van der Waals surface area contributed by atoms with Gasteiger partial charge in [-0.05, 0) is 61.7 Å². The van der Waals surface area contributed by atoms with Crippen LogP contribution in [0.5, 0.6) is 0 Å². The van der Waals surface area contributed by atoms with Gasteiger partial charge in [0.1, 0.15) is 12.1 Å². The molecule has 1 aliphatic carbocycles. The predicted molar refractivity (Wildman–Crippen MR) is 96.1 cm³/mol. The van der Waals surface area contributed by atoms with E-state index < -0.39 is 0 Å². The Morgan fingerprint density at radius 2 is 2.04 bits per heavy atom. The number of carbonyl (C=O) groups excluding carboxylic acids is 1. The van der Waals surface area contributed by atoms with Gasteiger partial charge in [-0.3, -0.25) is 4.79 Å². The van der Waals surface area contributed by atoms with E-state index in [0.717, 1.165) is 23.9 Å². The van der Waals surface area contributed by atoms with Crippen molar-refractivity contribution in [1.29, 1.82) is 0 Å². The highest BCUT2D eigenvalue weighted by Crippen LogP contribution is 2.26. The van der Waals surface area contributed by atoms with Gasteiger partial charge in [-0.25, -0.2) is 4.98 Å². The summed E-state index contributed by atoms with van der Waals surface area (Å²) in [5, 5.41) is 2.83. The molecule has 0 saturated heterocycles. The molecule has 0 unspecified atom stereocenters. The Labute approximate surface area is 145 Å². The predicted octanol–water partition coefficient (Wildman–Crippen LogP) is 3.58. The average Bonchev–Trinajstić information content (AvgIpc) is 2.97. The van der Waals surface area contributed by atoms with Gasteiger partial charge in [-0.1, -0.05) is 0 Å². The van der Waals surface area contributed by atoms with Crippen LogP contribution >= 0.6 is 0 Å². The summed E-state index contributed by atoms with van der Waals surface area (Å²) in [7, 11) is 0. The highest BCUT2D eigenvalue weighted by molar-refractivity contribution is 5.92. The van der Waals surface area contributed by atoms with E-state index in [2.05, 4.69) is 10.3 Å². The second-order valence-corrected chi connectivity index (χ2v) is 6.24.